The molecular weight excluding hydrogens is 491 g/mol. The minimum Gasteiger partial charge on any atom is -0.347 e. The third kappa shape index (κ3) is 6.89. The van der Waals surface area contributed by atoms with Crippen molar-refractivity contribution in [1.29, 1.82) is 0 Å². The van der Waals surface area contributed by atoms with Gasteiger partial charge in [0.2, 0.25) is 0 Å². The Labute approximate surface area is 205 Å². The fourth-order valence-corrected chi connectivity index (χ4v) is 7.29. The molecule has 0 radical (unpaired) electrons. The molecule has 0 bridgehead atoms. The minimum atomic E-state index is -4.09. The van der Waals surface area contributed by atoms with Crippen LogP contribution in [0, 0.1) is 0 Å². The van der Waals surface area contributed by atoms with E-state index in [0.717, 1.165) is 0 Å². The molecule has 2 N–H and O–H groups in total. The highest BCUT2D eigenvalue weighted by Crippen LogP contribution is 2.61. The largest absolute Gasteiger partial charge is 0.364 e. The van der Waals surface area contributed by atoms with Crippen LogP contribution in [0.2, 0.25) is 0 Å². The number of carbonyl (C=O) groups excluding carboxylic acids is 2. The quantitative estimate of drug-likeness (QED) is 0.363. The standard InChI is InChI=1S/C24H29N2O7PS/c1-3-32-34(29,33-4-2)22(18-11-7-5-8-12-18)21(26-23(27)19-13-9-6-10-14-19)24(28)25-20-15-16-35(30,31)17-20/h5-14,20H,3-4,15-17H2,1-2H3,(H,25,28)(H,26,27)/b22-21-/t20-/m0/s1. The maximum Gasteiger partial charge on any atom is 0.364 e. The van der Waals surface area contributed by atoms with Gasteiger partial charge in [0, 0.05) is 11.6 Å². The molecule has 2 aromatic carbocycles. The van der Waals surface area contributed by atoms with Gasteiger partial charge in [-0.3, -0.25) is 14.2 Å². The third-order valence-corrected chi connectivity index (χ3v) is 9.22. The molecule has 0 spiro atoms. The van der Waals surface area contributed by atoms with Crippen molar-refractivity contribution in [2.75, 3.05) is 24.7 Å². The Morgan fingerprint density at radius 1 is 0.943 bits per heavy atom. The lowest BCUT2D eigenvalue weighted by atomic mass is 10.1. The number of sulfone groups is 1. The van der Waals surface area contributed by atoms with Crippen molar-refractivity contribution in [3.05, 3.63) is 77.5 Å². The van der Waals surface area contributed by atoms with Crippen LogP contribution < -0.4 is 10.6 Å². The molecule has 1 heterocycles. The van der Waals surface area contributed by atoms with Crippen LogP contribution in [0.3, 0.4) is 0 Å². The van der Waals surface area contributed by atoms with E-state index in [4.69, 9.17) is 9.05 Å². The number of hydrogen-bond acceptors (Lipinski definition) is 7. The van der Waals surface area contributed by atoms with Crippen LogP contribution >= 0.6 is 7.60 Å². The Hall–Kier alpha value is -2.78. The Morgan fingerprint density at radius 2 is 1.49 bits per heavy atom. The van der Waals surface area contributed by atoms with Crippen LogP contribution in [0.5, 0.6) is 0 Å². The van der Waals surface area contributed by atoms with E-state index in [1.54, 1.807) is 74.5 Å². The van der Waals surface area contributed by atoms with Gasteiger partial charge in [-0.2, -0.15) is 0 Å². The molecule has 188 valence electrons. The molecule has 1 aliphatic heterocycles. The fraction of sp³-hybridized carbons (Fsp3) is 0.333. The number of carbonyl (C=O) groups is 2. The van der Waals surface area contributed by atoms with Crippen LogP contribution in [0.1, 0.15) is 36.2 Å². The number of benzene rings is 2. The highest BCUT2D eigenvalue weighted by molar-refractivity contribution is 7.91. The first-order valence-electron chi connectivity index (χ1n) is 11.3. The normalized spacial score (nSPS) is 17.9. The molecule has 9 nitrogen and oxygen atoms in total. The van der Waals surface area contributed by atoms with E-state index in [2.05, 4.69) is 10.6 Å². The van der Waals surface area contributed by atoms with Crippen LogP contribution in [-0.2, 0) is 28.2 Å². The topological polar surface area (TPSA) is 128 Å². The van der Waals surface area contributed by atoms with Crippen LogP contribution in [0.25, 0.3) is 5.31 Å². The first-order chi connectivity index (χ1) is 16.7. The number of rotatable bonds is 10. The van der Waals surface area contributed by atoms with E-state index in [9.17, 15) is 22.6 Å². The Morgan fingerprint density at radius 3 is 1.97 bits per heavy atom. The van der Waals surface area contributed by atoms with Gasteiger partial charge in [0.1, 0.15) is 11.0 Å². The summed E-state index contributed by atoms with van der Waals surface area (Å²) in [6, 6.07) is 16.0. The molecule has 3 rings (SSSR count). The summed E-state index contributed by atoms with van der Waals surface area (Å²) in [5, 5.41) is 5.16. The predicted octanol–water partition coefficient (Wildman–Crippen LogP) is 3.35. The van der Waals surface area contributed by atoms with E-state index in [0.29, 0.717) is 5.56 Å². The van der Waals surface area contributed by atoms with Crippen LogP contribution in [0.15, 0.2) is 66.4 Å². The molecule has 0 aliphatic carbocycles. The van der Waals surface area contributed by atoms with Gasteiger partial charge in [0.05, 0.1) is 24.7 Å². The molecule has 35 heavy (non-hydrogen) atoms. The van der Waals surface area contributed by atoms with Gasteiger partial charge >= 0.3 is 7.60 Å². The van der Waals surface area contributed by atoms with Gasteiger partial charge in [-0.1, -0.05) is 48.5 Å². The number of hydrogen-bond donors (Lipinski definition) is 2. The second-order valence-corrected chi connectivity index (χ2v) is 12.0. The van der Waals surface area contributed by atoms with Crippen LogP contribution in [-0.4, -0.2) is 51.0 Å². The van der Waals surface area contributed by atoms with E-state index < -0.39 is 35.3 Å². The molecular formula is C24H29N2O7PS. The maximum absolute atomic E-state index is 14.0. The van der Waals surface area contributed by atoms with Gasteiger partial charge in [0.25, 0.3) is 11.8 Å². The van der Waals surface area contributed by atoms with Gasteiger partial charge in [-0.05, 0) is 38.0 Å². The summed E-state index contributed by atoms with van der Waals surface area (Å²) in [5.41, 5.74) is 0.311. The molecule has 0 unspecified atom stereocenters. The SMILES string of the molecule is CCOP(=O)(OCC)/C(=C(\NC(=O)c1ccccc1)C(=O)N[C@H]1CCS(=O)(=O)C1)c1ccccc1. The summed E-state index contributed by atoms with van der Waals surface area (Å²) in [7, 11) is -7.37. The first kappa shape index (κ1) is 26.8. The van der Waals surface area contributed by atoms with Crippen molar-refractivity contribution in [1.82, 2.24) is 10.6 Å². The molecule has 1 fully saturated rings. The Bertz CT molecular complexity index is 1220. The fourth-order valence-electron chi connectivity index (χ4n) is 3.71. The second-order valence-electron chi connectivity index (χ2n) is 7.82. The molecule has 0 saturated carbocycles. The third-order valence-electron chi connectivity index (χ3n) is 5.23. The van der Waals surface area contributed by atoms with Crippen molar-refractivity contribution < 1.29 is 31.6 Å². The molecule has 11 heteroatoms. The van der Waals surface area contributed by atoms with Crippen molar-refractivity contribution in [3.63, 3.8) is 0 Å². The summed E-state index contributed by atoms with van der Waals surface area (Å²) in [6.45, 7) is 3.33. The second kappa shape index (κ2) is 11.8. The summed E-state index contributed by atoms with van der Waals surface area (Å²) in [4.78, 5) is 26.6. The van der Waals surface area contributed by atoms with Gasteiger partial charge < -0.3 is 19.7 Å². The summed E-state index contributed by atoms with van der Waals surface area (Å²) < 4.78 is 48.9. The summed E-state index contributed by atoms with van der Waals surface area (Å²) in [6.07, 6.45) is 0.239. The van der Waals surface area contributed by atoms with Crippen molar-refractivity contribution in [2.24, 2.45) is 0 Å². The smallest absolute Gasteiger partial charge is 0.347 e. The lowest BCUT2D eigenvalue weighted by Gasteiger charge is -2.24. The zero-order valence-corrected chi connectivity index (χ0v) is 21.3. The van der Waals surface area contributed by atoms with Crippen molar-refractivity contribution in [3.8, 4) is 0 Å². The lowest BCUT2D eigenvalue weighted by molar-refractivity contribution is -0.118. The summed E-state index contributed by atoms with van der Waals surface area (Å²) >= 11 is 0. The highest BCUT2D eigenvalue weighted by Gasteiger charge is 2.38. The minimum absolute atomic E-state index is 0.0238. The van der Waals surface area contributed by atoms with E-state index in [-0.39, 0.29) is 47.7 Å². The van der Waals surface area contributed by atoms with Crippen molar-refractivity contribution in [2.45, 2.75) is 26.3 Å². The predicted molar refractivity (Wildman–Crippen MR) is 133 cm³/mol. The van der Waals surface area contributed by atoms with E-state index in [1.807, 2.05) is 0 Å². The zero-order valence-electron chi connectivity index (χ0n) is 19.6. The van der Waals surface area contributed by atoms with Crippen LogP contribution in [0.4, 0.5) is 0 Å². The molecule has 2 aromatic rings. The Kier molecular flexibility index (Phi) is 9.02. The lowest BCUT2D eigenvalue weighted by Crippen LogP contribution is -2.41. The number of amides is 2. The molecule has 0 aromatic heterocycles. The average Bonchev–Trinajstić information content (AvgIpc) is 3.18. The molecule has 1 saturated heterocycles. The van der Waals surface area contributed by atoms with E-state index >= 15 is 0 Å². The molecule has 1 aliphatic rings. The van der Waals surface area contributed by atoms with Gasteiger partial charge in [-0.25, -0.2) is 8.42 Å². The first-order valence-corrected chi connectivity index (χ1v) is 14.6. The monoisotopic (exact) mass is 520 g/mol. The molecule has 1 atom stereocenters. The van der Waals surface area contributed by atoms with Gasteiger partial charge in [-0.15, -0.1) is 0 Å². The molecule has 2 amide bonds. The highest BCUT2D eigenvalue weighted by atomic mass is 32.2. The zero-order chi connectivity index (χ0) is 25.5. The van der Waals surface area contributed by atoms with Crippen molar-refractivity contribution >= 4 is 34.6 Å². The average molecular weight is 521 g/mol. The number of nitrogens with one attached hydrogen (secondary N) is 2. The van der Waals surface area contributed by atoms with E-state index in [1.165, 1.54) is 0 Å². The Balaban J connectivity index is 2.16. The van der Waals surface area contributed by atoms with Gasteiger partial charge in [0.15, 0.2) is 9.84 Å². The summed E-state index contributed by atoms with van der Waals surface area (Å²) in [5.74, 6) is -1.65. The maximum atomic E-state index is 14.0.